The van der Waals surface area contributed by atoms with Crippen LogP contribution in [0.25, 0.3) is 0 Å². The summed E-state index contributed by atoms with van der Waals surface area (Å²) in [4.78, 5) is 0. The first-order valence-electron chi connectivity index (χ1n) is 7.71. The molecular weight excluding hydrogens is 329 g/mol. The predicted octanol–water partition coefficient (Wildman–Crippen LogP) is 3.32. The molecule has 1 aromatic carbocycles. The second-order valence-corrected chi connectivity index (χ2v) is 8.46. The summed E-state index contributed by atoms with van der Waals surface area (Å²) in [5, 5.41) is 10.8. The van der Waals surface area contributed by atoms with E-state index in [2.05, 4.69) is 4.74 Å². The van der Waals surface area contributed by atoms with Crippen LogP contribution in [0.5, 0.6) is 5.75 Å². The number of ether oxygens (including phenoxy) is 1. The minimum absolute atomic E-state index is 0.0526. The zero-order valence-electron chi connectivity index (χ0n) is 12.5. The highest BCUT2D eigenvalue weighted by Crippen LogP contribution is 2.42. The van der Waals surface area contributed by atoms with Crippen molar-refractivity contribution < 1.29 is 27.2 Å². The van der Waals surface area contributed by atoms with E-state index in [4.69, 9.17) is 0 Å². The van der Waals surface area contributed by atoms with Crippen LogP contribution in [-0.4, -0.2) is 31.8 Å². The highest BCUT2D eigenvalue weighted by atomic mass is 32.2. The zero-order valence-corrected chi connectivity index (χ0v) is 13.3. The fourth-order valence-electron chi connectivity index (χ4n) is 3.75. The lowest BCUT2D eigenvalue weighted by molar-refractivity contribution is -0.275. The molecule has 2 aliphatic heterocycles. The van der Waals surface area contributed by atoms with E-state index in [1.807, 2.05) is 0 Å². The van der Waals surface area contributed by atoms with Crippen LogP contribution in [-0.2, 0) is 17.2 Å². The van der Waals surface area contributed by atoms with Crippen LogP contribution < -0.4 is 4.74 Å². The van der Waals surface area contributed by atoms with Gasteiger partial charge in [0.15, 0.2) is 0 Å². The standard InChI is InChI=1S/C16H19F3O3S/c17-16(18,19)22-14-7-2-1-4-11(14)8-15(20)9-12-5-3-6-13(10-15)23(12)21/h1-2,4,7,12-13,20H,3,5-6,8-10H2. The third kappa shape index (κ3) is 3.88. The van der Waals surface area contributed by atoms with E-state index < -0.39 is 22.8 Å². The molecule has 2 saturated heterocycles. The van der Waals surface area contributed by atoms with Crippen molar-refractivity contribution in [2.45, 2.75) is 61.0 Å². The molecule has 3 nitrogen and oxygen atoms in total. The molecule has 3 rings (SSSR count). The number of fused-ring (bicyclic) bond motifs is 2. The first kappa shape index (κ1) is 16.8. The van der Waals surface area contributed by atoms with Crippen LogP contribution in [0, 0.1) is 0 Å². The van der Waals surface area contributed by atoms with Crippen molar-refractivity contribution in [3.63, 3.8) is 0 Å². The third-order valence-corrected chi connectivity index (χ3v) is 6.76. The SMILES string of the molecule is O=S1C2CCCC1CC(O)(Cc1ccccc1OC(F)(F)F)C2. The maximum atomic E-state index is 12.5. The Bertz CT molecular complexity index is 586. The summed E-state index contributed by atoms with van der Waals surface area (Å²) in [5.74, 6) is -0.273. The van der Waals surface area contributed by atoms with Gasteiger partial charge in [-0.2, -0.15) is 0 Å². The summed E-state index contributed by atoms with van der Waals surface area (Å²) < 4.78 is 53.8. The van der Waals surface area contributed by atoms with E-state index >= 15 is 0 Å². The lowest BCUT2D eigenvalue weighted by Gasteiger charge is -2.43. The fourth-order valence-corrected chi connectivity index (χ4v) is 6.04. The molecule has 2 bridgehead atoms. The van der Waals surface area contributed by atoms with E-state index in [0.717, 1.165) is 19.3 Å². The van der Waals surface area contributed by atoms with Crippen molar-refractivity contribution in [1.82, 2.24) is 0 Å². The molecule has 7 heteroatoms. The largest absolute Gasteiger partial charge is 0.573 e. The van der Waals surface area contributed by atoms with Gasteiger partial charge in [0.25, 0.3) is 0 Å². The lowest BCUT2D eigenvalue weighted by Crippen LogP contribution is -2.50. The summed E-state index contributed by atoms with van der Waals surface area (Å²) in [6.07, 6.45) is -1.30. The van der Waals surface area contributed by atoms with E-state index in [0.29, 0.717) is 18.4 Å². The molecule has 2 aliphatic rings. The van der Waals surface area contributed by atoms with Gasteiger partial charge in [0.2, 0.25) is 0 Å². The van der Waals surface area contributed by atoms with E-state index in [-0.39, 0.29) is 22.7 Å². The van der Waals surface area contributed by atoms with Crippen LogP contribution in [0.15, 0.2) is 24.3 Å². The molecule has 2 heterocycles. The van der Waals surface area contributed by atoms with Gasteiger partial charge in [0, 0.05) is 27.7 Å². The Kier molecular flexibility index (Phi) is 4.44. The fraction of sp³-hybridized carbons (Fsp3) is 0.625. The van der Waals surface area contributed by atoms with E-state index in [9.17, 15) is 22.5 Å². The Morgan fingerprint density at radius 2 is 1.83 bits per heavy atom. The van der Waals surface area contributed by atoms with Gasteiger partial charge in [-0.1, -0.05) is 24.6 Å². The van der Waals surface area contributed by atoms with Crippen LogP contribution in [0.4, 0.5) is 13.2 Å². The molecule has 0 amide bonds. The minimum Gasteiger partial charge on any atom is -0.406 e. The van der Waals surface area contributed by atoms with Crippen LogP contribution in [0.1, 0.15) is 37.7 Å². The molecule has 0 aliphatic carbocycles. The van der Waals surface area contributed by atoms with E-state index in [1.165, 1.54) is 12.1 Å². The number of benzene rings is 1. The zero-order chi connectivity index (χ0) is 16.7. The molecule has 0 aromatic heterocycles. The molecule has 0 radical (unpaired) electrons. The quantitative estimate of drug-likeness (QED) is 0.911. The average molecular weight is 348 g/mol. The average Bonchev–Trinajstić information content (AvgIpc) is 2.42. The van der Waals surface area contributed by atoms with Crippen molar-refractivity contribution in [1.29, 1.82) is 0 Å². The summed E-state index contributed by atoms with van der Waals surface area (Å²) >= 11 is 0. The summed E-state index contributed by atoms with van der Waals surface area (Å²) in [7, 11) is -0.933. The van der Waals surface area contributed by atoms with Crippen molar-refractivity contribution in [3.05, 3.63) is 29.8 Å². The topological polar surface area (TPSA) is 46.5 Å². The molecule has 2 fully saturated rings. The molecule has 128 valence electrons. The van der Waals surface area contributed by atoms with Gasteiger partial charge < -0.3 is 9.84 Å². The highest BCUT2D eigenvalue weighted by molar-refractivity contribution is 7.86. The molecule has 2 atom stereocenters. The summed E-state index contributed by atoms with van der Waals surface area (Å²) in [5.41, 5.74) is -0.785. The second-order valence-electron chi connectivity index (χ2n) is 6.47. The number of para-hydroxylation sites is 1. The number of alkyl halides is 3. The number of halogens is 3. The molecule has 23 heavy (non-hydrogen) atoms. The first-order valence-corrected chi connectivity index (χ1v) is 8.99. The van der Waals surface area contributed by atoms with Crippen LogP contribution in [0.2, 0.25) is 0 Å². The molecule has 1 aromatic rings. The van der Waals surface area contributed by atoms with Gasteiger partial charge in [-0.25, -0.2) is 0 Å². The summed E-state index contributed by atoms with van der Waals surface area (Å²) in [6.45, 7) is 0. The monoisotopic (exact) mass is 348 g/mol. The van der Waals surface area contributed by atoms with Crippen molar-refractivity contribution in [2.75, 3.05) is 0 Å². The van der Waals surface area contributed by atoms with Crippen molar-refractivity contribution >= 4 is 10.8 Å². The Balaban J connectivity index is 1.80. The third-order valence-electron chi connectivity index (χ3n) is 4.64. The molecule has 1 N–H and O–H groups in total. The number of hydrogen-bond acceptors (Lipinski definition) is 3. The van der Waals surface area contributed by atoms with Crippen molar-refractivity contribution in [2.24, 2.45) is 0 Å². The number of hydrogen-bond donors (Lipinski definition) is 1. The van der Waals surface area contributed by atoms with Gasteiger partial charge in [0.05, 0.1) is 5.60 Å². The Morgan fingerprint density at radius 3 is 2.43 bits per heavy atom. The van der Waals surface area contributed by atoms with Crippen LogP contribution >= 0.6 is 0 Å². The lowest BCUT2D eigenvalue weighted by atomic mass is 9.81. The predicted molar refractivity (Wildman–Crippen MR) is 80.6 cm³/mol. The minimum atomic E-state index is -4.76. The van der Waals surface area contributed by atoms with Crippen molar-refractivity contribution in [3.8, 4) is 5.75 Å². The maximum Gasteiger partial charge on any atom is 0.573 e. The molecule has 0 spiro atoms. The number of aliphatic hydroxyl groups is 1. The van der Waals surface area contributed by atoms with Crippen LogP contribution in [0.3, 0.4) is 0 Å². The Morgan fingerprint density at radius 1 is 1.22 bits per heavy atom. The normalized spacial score (nSPS) is 34.2. The molecule has 0 saturated carbocycles. The number of rotatable bonds is 3. The van der Waals surface area contributed by atoms with Gasteiger partial charge >= 0.3 is 6.36 Å². The maximum absolute atomic E-state index is 12.5. The Hall–Kier alpha value is -1.08. The highest BCUT2D eigenvalue weighted by Gasteiger charge is 2.46. The van der Waals surface area contributed by atoms with Gasteiger partial charge in [-0.3, -0.25) is 4.21 Å². The van der Waals surface area contributed by atoms with E-state index in [1.54, 1.807) is 12.1 Å². The smallest absolute Gasteiger partial charge is 0.406 e. The summed E-state index contributed by atoms with van der Waals surface area (Å²) in [6, 6.07) is 5.90. The van der Waals surface area contributed by atoms with Gasteiger partial charge in [-0.05, 0) is 37.3 Å². The van der Waals surface area contributed by atoms with Gasteiger partial charge in [0.1, 0.15) is 5.75 Å². The van der Waals surface area contributed by atoms with Gasteiger partial charge in [-0.15, -0.1) is 13.2 Å². The molecular formula is C16H19F3O3S. The first-order chi connectivity index (χ1) is 10.8. The molecule has 2 unspecified atom stereocenters. The second kappa shape index (κ2) is 6.09. The Labute approximate surface area is 135 Å².